The molecule has 0 saturated carbocycles. The van der Waals surface area contributed by atoms with Crippen LogP contribution in [0.1, 0.15) is 17.8 Å². The molecule has 1 N–H and O–H groups in total. The van der Waals surface area contributed by atoms with E-state index in [0.717, 1.165) is 29.2 Å². The van der Waals surface area contributed by atoms with Crippen LogP contribution in [0.5, 0.6) is 0 Å². The Hall–Kier alpha value is -0.780. The van der Waals surface area contributed by atoms with E-state index in [1.54, 1.807) is 23.5 Å². The molecule has 1 unspecified atom stereocenters. The molecular weight excluding hydrogens is 327 g/mol. The molecule has 2 heterocycles. The first-order valence-corrected chi connectivity index (χ1v) is 8.03. The van der Waals surface area contributed by atoms with E-state index in [0.29, 0.717) is 10.5 Å². The zero-order valence-electron chi connectivity index (χ0n) is 10.3. The second-order valence-corrected chi connectivity index (χ2v) is 6.55. The molecule has 0 bridgehead atoms. The molecule has 0 aliphatic carbocycles. The van der Waals surface area contributed by atoms with Crippen molar-refractivity contribution in [2.24, 2.45) is 0 Å². The smallest absolute Gasteiger partial charge is 0.137 e. The average molecular weight is 341 g/mol. The molecule has 2 nitrogen and oxygen atoms in total. The van der Waals surface area contributed by atoms with Crippen molar-refractivity contribution in [3.8, 4) is 11.3 Å². The van der Waals surface area contributed by atoms with Crippen molar-refractivity contribution in [1.82, 2.24) is 10.3 Å². The highest BCUT2D eigenvalue weighted by atomic mass is 79.9. The Bertz CT molecular complexity index is 579. The van der Waals surface area contributed by atoms with Gasteiger partial charge in [0.1, 0.15) is 5.82 Å². The Morgan fingerprint density at radius 3 is 3.11 bits per heavy atom. The molecule has 0 spiro atoms. The first-order valence-electron chi connectivity index (χ1n) is 6.35. The Morgan fingerprint density at radius 2 is 2.37 bits per heavy atom. The second-order valence-electron chi connectivity index (χ2n) is 4.75. The number of halogens is 2. The van der Waals surface area contributed by atoms with Crippen molar-refractivity contribution in [3.05, 3.63) is 38.9 Å². The third kappa shape index (κ3) is 3.04. The maximum Gasteiger partial charge on any atom is 0.137 e. The molecule has 2 aromatic rings. The molecule has 1 aromatic carbocycles. The SMILES string of the molecule is Fc1ccc(-c2csc(CC3CCCN3)n2)cc1Br. The monoisotopic (exact) mass is 340 g/mol. The fourth-order valence-corrected chi connectivity index (χ4v) is 3.60. The van der Waals surface area contributed by atoms with Crippen molar-refractivity contribution < 1.29 is 4.39 Å². The van der Waals surface area contributed by atoms with E-state index in [1.807, 2.05) is 5.38 Å². The maximum atomic E-state index is 13.2. The summed E-state index contributed by atoms with van der Waals surface area (Å²) in [6.45, 7) is 1.12. The van der Waals surface area contributed by atoms with Crippen molar-refractivity contribution in [2.75, 3.05) is 6.54 Å². The fraction of sp³-hybridized carbons (Fsp3) is 0.357. The molecule has 1 aliphatic rings. The third-order valence-corrected chi connectivity index (χ3v) is 4.83. The highest BCUT2D eigenvalue weighted by Crippen LogP contribution is 2.27. The molecule has 1 aliphatic heterocycles. The van der Waals surface area contributed by atoms with Crippen molar-refractivity contribution in [3.63, 3.8) is 0 Å². The van der Waals surface area contributed by atoms with E-state index in [9.17, 15) is 4.39 Å². The van der Waals surface area contributed by atoms with E-state index in [2.05, 4.69) is 26.2 Å². The Labute approximate surface area is 124 Å². The van der Waals surface area contributed by atoms with Crippen LogP contribution in [0.3, 0.4) is 0 Å². The van der Waals surface area contributed by atoms with Crippen LogP contribution < -0.4 is 5.32 Å². The highest BCUT2D eigenvalue weighted by molar-refractivity contribution is 9.10. The minimum absolute atomic E-state index is 0.241. The first-order chi connectivity index (χ1) is 9.22. The summed E-state index contributed by atoms with van der Waals surface area (Å²) in [6.07, 6.45) is 3.48. The van der Waals surface area contributed by atoms with Gasteiger partial charge in [-0.15, -0.1) is 11.3 Å². The number of aromatic nitrogens is 1. The number of thiazole rings is 1. The molecule has 3 rings (SSSR count). The Balaban J connectivity index is 1.78. The van der Waals surface area contributed by atoms with Crippen LogP contribution in [-0.2, 0) is 6.42 Å². The van der Waals surface area contributed by atoms with Crippen LogP contribution >= 0.6 is 27.3 Å². The lowest BCUT2D eigenvalue weighted by Gasteiger charge is -2.06. The summed E-state index contributed by atoms with van der Waals surface area (Å²) in [4.78, 5) is 4.65. The van der Waals surface area contributed by atoms with E-state index >= 15 is 0 Å². The highest BCUT2D eigenvalue weighted by Gasteiger charge is 2.16. The fourth-order valence-electron chi connectivity index (χ4n) is 2.33. The number of nitrogens with zero attached hydrogens (tertiary/aromatic N) is 1. The van der Waals surface area contributed by atoms with Crippen molar-refractivity contribution in [2.45, 2.75) is 25.3 Å². The molecule has 1 atom stereocenters. The molecule has 0 amide bonds. The van der Waals surface area contributed by atoms with Crippen molar-refractivity contribution >= 4 is 27.3 Å². The lowest BCUT2D eigenvalue weighted by Crippen LogP contribution is -2.23. The predicted octanol–water partition coefficient (Wildman–Crippen LogP) is 4.01. The second kappa shape index (κ2) is 5.69. The lowest BCUT2D eigenvalue weighted by atomic mass is 10.1. The standard InChI is InChI=1S/C14H14BrFN2S/c15-11-6-9(3-4-12(11)16)13-8-19-14(18-13)7-10-2-1-5-17-10/h3-4,6,8,10,17H,1-2,5,7H2. The molecule has 5 heteroatoms. The number of rotatable bonds is 3. The molecule has 0 radical (unpaired) electrons. The van der Waals surface area contributed by atoms with Gasteiger partial charge in [0.15, 0.2) is 0 Å². The molecule has 1 saturated heterocycles. The molecular formula is C14H14BrFN2S. The quantitative estimate of drug-likeness (QED) is 0.913. The summed E-state index contributed by atoms with van der Waals surface area (Å²) >= 11 is 4.89. The molecule has 19 heavy (non-hydrogen) atoms. The van der Waals surface area contributed by atoms with Gasteiger partial charge in [-0.1, -0.05) is 0 Å². The van der Waals surface area contributed by atoms with E-state index in [-0.39, 0.29) is 5.82 Å². The van der Waals surface area contributed by atoms with Crippen molar-refractivity contribution in [1.29, 1.82) is 0 Å². The van der Waals surface area contributed by atoms with Gasteiger partial charge in [-0.3, -0.25) is 0 Å². The summed E-state index contributed by atoms with van der Waals surface area (Å²) in [5.74, 6) is -0.241. The van der Waals surface area contributed by atoms with E-state index in [1.165, 1.54) is 18.9 Å². The Morgan fingerprint density at radius 1 is 1.47 bits per heavy atom. The summed E-state index contributed by atoms with van der Waals surface area (Å²) < 4.78 is 13.7. The maximum absolute atomic E-state index is 13.2. The van der Waals surface area contributed by atoms with Crippen LogP contribution in [0, 0.1) is 5.82 Å². The van der Waals surface area contributed by atoms with Gasteiger partial charge in [-0.25, -0.2) is 9.37 Å². The van der Waals surface area contributed by atoms with Crippen LogP contribution in [-0.4, -0.2) is 17.6 Å². The third-order valence-electron chi connectivity index (χ3n) is 3.35. The Kier molecular flexibility index (Phi) is 3.96. The van der Waals surface area contributed by atoms with E-state index in [4.69, 9.17) is 0 Å². The topological polar surface area (TPSA) is 24.9 Å². The minimum atomic E-state index is -0.241. The summed E-state index contributed by atoms with van der Waals surface area (Å²) in [5.41, 5.74) is 1.88. The number of hydrogen-bond acceptors (Lipinski definition) is 3. The largest absolute Gasteiger partial charge is 0.314 e. The van der Waals surface area contributed by atoms with Gasteiger partial charge in [0, 0.05) is 23.4 Å². The summed E-state index contributed by atoms with van der Waals surface area (Å²) in [6, 6.07) is 5.59. The van der Waals surface area contributed by atoms with Gasteiger partial charge in [0.2, 0.25) is 0 Å². The average Bonchev–Trinajstić information content (AvgIpc) is 3.05. The molecule has 1 aromatic heterocycles. The zero-order valence-corrected chi connectivity index (χ0v) is 12.7. The van der Waals surface area contributed by atoms with Gasteiger partial charge < -0.3 is 5.32 Å². The van der Waals surface area contributed by atoms with Crippen LogP contribution in [0.2, 0.25) is 0 Å². The van der Waals surface area contributed by atoms with Gasteiger partial charge in [0.25, 0.3) is 0 Å². The summed E-state index contributed by atoms with van der Waals surface area (Å²) in [7, 11) is 0. The van der Waals surface area contributed by atoms with Crippen LogP contribution in [0.25, 0.3) is 11.3 Å². The number of nitrogens with one attached hydrogen (secondary N) is 1. The number of benzene rings is 1. The normalized spacial score (nSPS) is 18.9. The van der Waals surface area contributed by atoms with Gasteiger partial charge in [0.05, 0.1) is 15.2 Å². The summed E-state index contributed by atoms with van der Waals surface area (Å²) in [5, 5.41) is 6.67. The molecule has 100 valence electrons. The van der Waals surface area contributed by atoms with Gasteiger partial charge in [-0.05, 0) is 53.5 Å². The number of hydrogen-bond donors (Lipinski definition) is 1. The van der Waals surface area contributed by atoms with Crippen LogP contribution in [0.15, 0.2) is 28.1 Å². The van der Waals surface area contributed by atoms with Crippen LogP contribution in [0.4, 0.5) is 4.39 Å². The van der Waals surface area contributed by atoms with Gasteiger partial charge >= 0.3 is 0 Å². The van der Waals surface area contributed by atoms with Gasteiger partial charge in [-0.2, -0.15) is 0 Å². The molecule has 1 fully saturated rings. The van der Waals surface area contributed by atoms with E-state index < -0.39 is 0 Å². The predicted molar refractivity (Wildman–Crippen MR) is 79.9 cm³/mol. The first kappa shape index (κ1) is 13.2. The lowest BCUT2D eigenvalue weighted by molar-refractivity contribution is 0.601. The zero-order chi connectivity index (χ0) is 13.2. The minimum Gasteiger partial charge on any atom is -0.314 e.